The number of rotatable bonds is 7. The molecule has 6 heteroatoms. The average Bonchev–Trinajstić information content (AvgIpc) is 3.20. The Labute approximate surface area is 181 Å². The highest BCUT2D eigenvalue weighted by Crippen LogP contribution is 2.30. The van der Waals surface area contributed by atoms with E-state index in [0.717, 1.165) is 28.4 Å². The number of methoxy groups -OCH3 is 1. The fraction of sp³-hybridized carbons (Fsp3) is 0.304. The lowest BCUT2D eigenvalue weighted by atomic mass is 10.1. The van der Waals surface area contributed by atoms with Crippen molar-refractivity contribution in [1.29, 1.82) is 0 Å². The van der Waals surface area contributed by atoms with Crippen LogP contribution >= 0.6 is 23.5 Å². The molecule has 152 valence electrons. The minimum absolute atomic E-state index is 0.0565. The zero-order valence-corrected chi connectivity index (χ0v) is 18.6. The van der Waals surface area contributed by atoms with Gasteiger partial charge in [-0.2, -0.15) is 0 Å². The quantitative estimate of drug-likeness (QED) is 0.475. The molecule has 29 heavy (non-hydrogen) atoms. The maximum atomic E-state index is 12.2. The maximum absolute atomic E-state index is 12.2. The van der Waals surface area contributed by atoms with E-state index in [2.05, 4.69) is 36.3 Å². The minimum Gasteiger partial charge on any atom is -0.497 e. The summed E-state index contributed by atoms with van der Waals surface area (Å²) in [5.41, 5.74) is 2.12. The van der Waals surface area contributed by atoms with Crippen LogP contribution in [0.4, 0.5) is 0 Å². The molecule has 0 saturated carbocycles. The first-order valence-electron chi connectivity index (χ1n) is 9.60. The van der Waals surface area contributed by atoms with E-state index in [1.54, 1.807) is 24.9 Å². The zero-order valence-electron chi connectivity index (χ0n) is 16.9. The number of amides is 1. The Balaban J connectivity index is 1.52. The first-order valence-corrected chi connectivity index (χ1v) is 11.6. The van der Waals surface area contributed by atoms with Crippen LogP contribution in [0.2, 0.25) is 0 Å². The molecular weight excluding hydrogens is 400 g/mol. The van der Waals surface area contributed by atoms with Gasteiger partial charge < -0.3 is 10.1 Å². The van der Waals surface area contributed by atoms with Gasteiger partial charge in [0.15, 0.2) is 5.17 Å². The molecule has 2 aromatic rings. The number of hydrogen-bond acceptors (Lipinski definition) is 5. The number of thioether (sulfide) groups is 2. The molecule has 0 aliphatic carbocycles. The molecule has 0 bridgehead atoms. The minimum atomic E-state index is -0.162. The summed E-state index contributed by atoms with van der Waals surface area (Å²) < 4.78 is 5.19. The molecule has 0 saturated heterocycles. The number of carbonyl (C=O) groups excluding carboxylic acids is 1. The van der Waals surface area contributed by atoms with Crippen molar-refractivity contribution in [3.8, 4) is 5.75 Å². The van der Waals surface area contributed by atoms with Gasteiger partial charge >= 0.3 is 0 Å². The lowest BCUT2D eigenvalue weighted by Gasteiger charge is -2.06. The second-order valence-electron chi connectivity index (χ2n) is 7.13. The summed E-state index contributed by atoms with van der Waals surface area (Å²) in [6.07, 6.45) is 3.38. The van der Waals surface area contributed by atoms with E-state index in [-0.39, 0.29) is 11.9 Å². The highest BCUT2D eigenvalue weighted by atomic mass is 32.2. The predicted molar refractivity (Wildman–Crippen MR) is 125 cm³/mol. The van der Waals surface area contributed by atoms with Crippen molar-refractivity contribution in [3.63, 3.8) is 0 Å². The number of nitrogens with zero attached hydrogens (tertiary/aromatic N) is 1. The van der Waals surface area contributed by atoms with Crippen molar-refractivity contribution in [2.24, 2.45) is 10.9 Å². The molecule has 3 rings (SSSR count). The van der Waals surface area contributed by atoms with Gasteiger partial charge in [0.2, 0.25) is 5.91 Å². The van der Waals surface area contributed by atoms with Crippen molar-refractivity contribution in [1.82, 2.24) is 5.32 Å². The van der Waals surface area contributed by atoms with Gasteiger partial charge in [-0.15, -0.1) is 11.8 Å². The second kappa shape index (κ2) is 10.6. The molecule has 0 radical (unpaired) electrons. The van der Waals surface area contributed by atoms with Crippen LogP contribution in [0.3, 0.4) is 0 Å². The summed E-state index contributed by atoms with van der Waals surface area (Å²) in [6.45, 7) is 4.43. The van der Waals surface area contributed by atoms with E-state index in [4.69, 9.17) is 4.74 Å². The first-order chi connectivity index (χ1) is 14.0. The van der Waals surface area contributed by atoms with E-state index >= 15 is 0 Å². The third kappa shape index (κ3) is 6.68. The Morgan fingerprint density at radius 1 is 1.24 bits per heavy atom. The summed E-state index contributed by atoms with van der Waals surface area (Å²) >= 11 is 3.42. The van der Waals surface area contributed by atoms with Gasteiger partial charge in [0.05, 0.1) is 13.2 Å². The number of amidine groups is 1. The van der Waals surface area contributed by atoms with E-state index < -0.39 is 0 Å². The van der Waals surface area contributed by atoms with Crippen LogP contribution in [0.1, 0.15) is 31.0 Å². The summed E-state index contributed by atoms with van der Waals surface area (Å²) in [4.78, 5) is 18.1. The van der Waals surface area contributed by atoms with Gasteiger partial charge in [-0.1, -0.05) is 49.9 Å². The van der Waals surface area contributed by atoms with Crippen LogP contribution in [0.15, 0.2) is 64.5 Å². The summed E-state index contributed by atoms with van der Waals surface area (Å²) in [7, 11) is 1.65. The lowest BCUT2D eigenvalue weighted by molar-refractivity contribution is -0.115. The van der Waals surface area contributed by atoms with Crippen molar-refractivity contribution >= 4 is 40.7 Å². The normalized spacial score (nSPS) is 16.3. The Bertz CT molecular complexity index is 875. The number of aliphatic imine (C=N–C) groups is 1. The second-order valence-corrected chi connectivity index (χ2v) is 9.23. The van der Waals surface area contributed by atoms with Crippen molar-refractivity contribution in [2.45, 2.75) is 24.8 Å². The SMILES string of the molecule is COc1ccc(C2CSC(NC(=O)/C=C/c3ccc(SCC(C)C)cc3)=N2)cc1. The highest BCUT2D eigenvalue weighted by molar-refractivity contribution is 8.14. The predicted octanol–water partition coefficient (Wildman–Crippen LogP) is 5.42. The van der Waals surface area contributed by atoms with Gasteiger partial charge in [-0.05, 0) is 47.4 Å². The van der Waals surface area contributed by atoms with Crippen LogP contribution in [-0.4, -0.2) is 29.7 Å². The molecule has 1 aliphatic heterocycles. The number of hydrogen-bond donors (Lipinski definition) is 1. The monoisotopic (exact) mass is 426 g/mol. The molecule has 1 atom stereocenters. The molecule has 1 N–H and O–H groups in total. The third-order valence-corrected chi connectivity index (χ3v) is 6.67. The first kappa shape index (κ1) is 21.5. The van der Waals surface area contributed by atoms with Crippen LogP contribution < -0.4 is 10.1 Å². The van der Waals surface area contributed by atoms with Gasteiger partial charge in [0, 0.05) is 22.5 Å². The summed E-state index contributed by atoms with van der Waals surface area (Å²) in [5, 5.41) is 3.54. The van der Waals surface area contributed by atoms with Crippen LogP contribution in [-0.2, 0) is 4.79 Å². The van der Waals surface area contributed by atoms with Crippen molar-refractivity contribution < 1.29 is 9.53 Å². The summed E-state index contributed by atoms with van der Waals surface area (Å²) in [5.74, 6) is 3.26. The molecule has 1 heterocycles. The molecule has 1 aliphatic rings. The molecule has 0 spiro atoms. The Kier molecular flexibility index (Phi) is 7.83. The number of ether oxygens (including phenoxy) is 1. The van der Waals surface area contributed by atoms with E-state index in [1.807, 2.05) is 54.2 Å². The Morgan fingerprint density at radius 2 is 1.97 bits per heavy atom. The molecular formula is C23H26N2O2S2. The Morgan fingerprint density at radius 3 is 2.62 bits per heavy atom. The largest absolute Gasteiger partial charge is 0.497 e. The van der Waals surface area contributed by atoms with Gasteiger partial charge in [-0.25, -0.2) is 0 Å². The van der Waals surface area contributed by atoms with Crippen molar-refractivity contribution in [2.75, 3.05) is 18.6 Å². The van der Waals surface area contributed by atoms with Crippen LogP contribution in [0.5, 0.6) is 5.75 Å². The van der Waals surface area contributed by atoms with Gasteiger partial charge in [0.1, 0.15) is 5.75 Å². The smallest absolute Gasteiger partial charge is 0.249 e. The highest BCUT2D eigenvalue weighted by Gasteiger charge is 2.20. The number of nitrogens with one attached hydrogen (secondary N) is 1. The maximum Gasteiger partial charge on any atom is 0.249 e. The molecule has 0 fully saturated rings. The topological polar surface area (TPSA) is 50.7 Å². The van der Waals surface area contributed by atoms with Crippen molar-refractivity contribution in [3.05, 3.63) is 65.7 Å². The standard InChI is InChI=1S/C23H26N2O2S2/c1-16(2)14-28-20-11-4-17(5-12-20)6-13-22(26)25-23-24-21(15-29-23)18-7-9-19(27-3)10-8-18/h4-13,16,21H,14-15H2,1-3H3,(H,24,25,26)/b13-6+. The fourth-order valence-corrected chi connectivity index (χ4v) is 4.51. The molecule has 1 amide bonds. The molecule has 4 nitrogen and oxygen atoms in total. The van der Waals surface area contributed by atoms with E-state index in [9.17, 15) is 4.79 Å². The third-order valence-electron chi connectivity index (χ3n) is 4.27. The zero-order chi connectivity index (χ0) is 20.6. The molecule has 0 aromatic heterocycles. The number of benzene rings is 2. The average molecular weight is 427 g/mol. The summed E-state index contributed by atoms with van der Waals surface area (Å²) in [6, 6.07) is 16.2. The van der Waals surface area contributed by atoms with E-state index in [1.165, 1.54) is 4.90 Å². The van der Waals surface area contributed by atoms with Crippen LogP contribution in [0, 0.1) is 5.92 Å². The lowest BCUT2D eigenvalue weighted by Crippen LogP contribution is -2.25. The molecule has 1 unspecified atom stereocenters. The van der Waals surface area contributed by atoms with E-state index in [0.29, 0.717) is 11.1 Å². The Hall–Kier alpha value is -2.18. The molecule has 2 aromatic carbocycles. The van der Waals surface area contributed by atoms with Gasteiger partial charge in [0.25, 0.3) is 0 Å². The van der Waals surface area contributed by atoms with Gasteiger partial charge in [-0.3, -0.25) is 9.79 Å². The van der Waals surface area contributed by atoms with Crippen LogP contribution in [0.25, 0.3) is 6.08 Å². The fourth-order valence-electron chi connectivity index (χ4n) is 2.70. The number of carbonyl (C=O) groups is 1.